The molecule has 29 heavy (non-hydrogen) atoms. The summed E-state index contributed by atoms with van der Waals surface area (Å²) in [5.41, 5.74) is 1.52. The number of rotatable bonds is 8. The summed E-state index contributed by atoms with van der Waals surface area (Å²) in [4.78, 5) is 37.2. The monoisotopic (exact) mass is 425 g/mol. The van der Waals surface area contributed by atoms with Gasteiger partial charge in [0, 0.05) is 19.6 Å². The predicted molar refractivity (Wildman–Crippen MR) is 108 cm³/mol. The zero-order valence-corrected chi connectivity index (χ0v) is 17.9. The Morgan fingerprint density at radius 2 is 2.00 bits per heavy atom. The number of benzene rings is 1. The van der Waals surface area contributed by atoms with Crippen LogP contribution in [0.3, 0.4) is 0 Å². The molecule has 1 aliphatic heterocycles. The minimum absolute atomic E-state index is 0.117. The molecular formula is C19H27N3O6S. The SMILES string of the molecule is CCCNC(=O)CN(C)C(=O)COC(=O)c1ccc2c(c1)C[C@H](C)N2S(C)(=O)=O. The molecule has 0 aliphatic carbocycles. The number of nitrogens with one attached hydrogen (secondary N) is 1. The van der Waals surface area contributed by atoms with E-state index in [0.717, 1.165) is 18.2 Å². The average Bonchev–Trinajstić information content (AvgIpc) is 2.98. The largest absolute Gasteiger partial charge is 0.452 e. The van der Waals surface area contributed by atoms with Crippen LogP contribution >= 0.6 is 0 Å². The van der Waals surface area contributed by atoms with E-state index in [1.54, 1.807) is 19.1 Å². The lowest BCUT2D eigenvalue weighted by atomic mass is 10.1. The molecule has 1 aliphatic rings. The fraction of sp³-hybridized carbons (Fsp3) is 0.526. The Bertz CT molecular complexity index is 899. The summed E-state index contributed by atoms with van der Waals surface area (Å²) < 4.78 is 30.3. The molecule has 0 fully saturated rings. The topological polar surface area (TPSA) is 113 Å². The molecule has 0 saturated heterocycles. The van der Waals surface area contributed by atoms with Crippen LogP contribution in [0.25, 0.3) is 0 Å². The fourth-order valence-corrected chi connectivity index (χ4v) is 4.44. The first-order chi connectivity index (χ1) is 13.5. The van der Waals surface area contributed by atoms with Gasteiger partial charge in [-0.15, -0.1) is 0 Å². The van der Waals surface area contributed by atoms with Crippen LogP contribution in [-0.2, 0) is 30.8 Å². The third-order valence-electron chi connectivity index (χ3n) is 4.53. The van der Waals surface area contributed by atoms with Crippen LogP contribution in [0.2, 0.25) is 0 Å². The number of carbonyl (C=O) groups is 3. The lowest BCUT2D eigenvalue weighted by molar-refractivity contribution is -0.137. The van der Waals surface area contributed by atoms with E-state index < -0.39 is 28.5 Å². The Hall–Kier alpha value is -2.62. The summed E-state index contributed by atoms with van der Waals surface area (Å²) >= 11 is 0. The number of fused-ring (bicyclic) bond motifs is 1. The van der Waals surface area contributed by atoms with Crippen LogP contribution in [0.1, 0.15) is 36.2 Å². The molecule has 1 aromatic rings. The summed E-state index contributed by atoms with van der Waals surface area (Å²) in [6, 6.07) is 4.40. The molecule has 0 unspecified atom stereocenters. The molecule has 0 saturated carbocycles. The molecule has 0 radical (unpaired) electrons. The maximum Gasteiger partial charge on any atom is 0.338 e. The lowest BCUT2D eigenvalue weighted by Gasteiger charge is -2.21. The maximum absolute atomic E-state index is 12.3. The van der Waals surface area contributed by atoms with Gasteiger partial charge in [-0.2, -0.15) is 0 Å². The summed E-state index contributed by atoms with van der Waals surface area (Å²) in [5, 5.41) is 2.66. The second-order valence-electron chi connectivity index (χ2n) is 7.13. The molecule has 160 valence electrons. The van der Waals surface area contributed by atoms with E-state index in [4.69, 9.17) is 4.74 Å². The molecule has 1 atom stereocenters. The van der Waals surface area contributed by atoms with Crippen molar-refractivity contribution in [3.8, 4) is 0 Å². The van der Waals surface area contributed by atoms with E-state index in [2.05, 4.69) is 5.32 Å². The van der Waals surface area contributed by atoms with Gasteiger partial charge in [0.25, 0.3) is 5.91 Å². The number of carbonyl (C=O) groups excluding carboxylic acids is 3. The van der Waals surface area contributed by atoms with Crippen molar-refractivity contribution in [3.63, 3.8) is 0 Å². The van der Waals surface area contributed by atoms with Gasteiger partial charge >= 0.3 is 5.97 Å². The lowest BCUT2D eigenvalue weighted by Crippen LogP contribution is -2.40. The predicted octanol–water partition coefficient (Wildman–Crippen LogP) is 0.539. The van der Waals surface area contributed by atoms with E-state index in [0.29, 0.717) is 18.7 Å². The number of hydrogen-bond acceptors (Lipinski definition) is 6. The van der Waals surface area contributed by atoms with Gasteiger partial charge in [0.05, 0.1) is 24.1 Å². The highest BCUT2D eigenvalue weighted by Crippen LogP contribution is 2.34. The number of likely N-dealkylation sites (N-methyl/N-ethyl adjacent to an activating group) is 1. The zero-order chi connectivity index (χ0) is 21.8. The van der Waals surface area contributed by atoms with E-state index in [1.807, 2.05) is 6.92 Å². The Balaban J connectivity index is 1.96. The number of amides is 2. The second kappa shape index (κ2) is 9.25. The van der Waals surface area contributed by atoms with Crippen molar-refractivity contribution in [1.82, 2.24) is 10.2 Å². The van der Waals surface area contributed by atoms with Gasteiger partial charge in [0.1, 0.15) is 0 Å². The highest BCUT2D eigenvalue weighted by Gasteiger charge is 2.33. The summed E-state index contributed by atoms with van der Waals surface area (Å²) in [6.45, 7) is 3.65. The highest BCUT2D eigenvalue weighted by atomic mass is 32.2. The van der Waals surface area contributed by atoms with Crippen LogP contribution in [0.15, 0.2) is 18.2 Å². The maximum atomic E-state index is 12.3. The summed E-state index contributed by atoms with van der Waals surface area (Å²) in [7, 11) is -1.95. The van der Waals surface area contributed by atoms with Crippen molar-refractivity contribution >= 4 is 33.5 Å². The third-order valence-corrected chi connectivity index (χ3v) is 5.80. The van der Waals surface area contributed by atoms with Crippen LogP contribution in [0.4, 0.5) is 5.69 Å². The van der Waals surface area contributed by atoms with Crippen molar-refractivity contribution in [1.29, 1.82) is 0 Å². The second-order valence-corrected chi connectivity index (χ2v) is 8.99. The van der Waals surface area contributed by atoms with Crippen molar-refractivity contribution < 1.29 is 27.5 Å². The number of hydrogen-bond donors (Lipinski definition) is 1. The Morgan fingerprint density at radius 1 is 1.31 bits per heavy atom. The molecule has 2 amide bonds. The Labute approximate surface area is 171 Å². The number of sulfonamides is 1. The van der Waals surface area contributed by atoms with Gasteiger partial charge in [0.2, 0.25) is 15.9 Å². The van der Waals surface area contributed by atoms with Crippen molar-refractivity contribution in [2.45, 2.75) is 32.7 Å². The third kappa shape index (κ3) is 5.69. The first kappa shape index (κ1) is 22.7. The molecule has 2 rings (SSSR count). The molecule has 9 nitrogen and oxygen atoms in total. The fourth-order valence-electron chi connectivity index (χ4n) is 3.18. The van der Waals surface area contributed by atoms with Crippen molar-refractivity contribution in [3.05, 3.63) is 29.3 Å². The summed E-state index contributed by atoms with van der Waals surface area (Å²) in [6.07, 6.45) is 2.42. The van der Waals surface area contributed by atoms with Crippen molar-refractivity contribution in [2.75, 3.05) is 37.3 Å². The van der Waals surface area contributed by atoms with Gasteiger partial charge in [0.15, 0.2) is 6.61 Å². The normalized spacial score (nSPS) is 15.6. The van der Waals surface area contributed by atoms with Gasteiger partial charge in [-0.05, 0) is 43.5 Å². The Morgan fingerprint density at radius 3 is 2.62 bits per heavy atom. The standard InChI is InChI=1S/C19H27N3O6S/c1-5-8-20-17(23)11-21(3)18(24)12-28-19(25)14-6-7-16-15(10-14)9-13(2)22(16)29(4,26)27/h6-7,10,13H,5,8-9,11-12H2,1-4H3,(H,20,23)/t13-/m0/s1. The van der Waals surface area contributed by atoms with E-state index in [-0.39, 0.29) is 24.1 Å². The first-order valence-corrected chi connectivity index (χ1v) is 11.2. The molecule has 0 spiro atoms. The summed E-state index contributed by atoms with van der Waals surface area (Å²) in [5.74, 6) is -1.46. The van der Waals surface area contributed by atoms with Gasteiger partial charge in [-0.1, -0.05) is 6.92 Å². The Kier molecular flexibility index (Phi) is 7.23. The van der Waals surface area contributed by atoms with Gasteiger partial charge < -0.3 is 15.0 Å². The van der Waals surface area contributed by atoms with Crippen LogP contribution in [0.5, 0.6) is 0 Å². The smallest absolute Gasteiger partial charge is 0.338 e. The molecule has 0 aromatic heterocycles. The molecule has 1 aromatic carbocycles. The van der Waals surface area contributed by atoms with Crippen LogP contribution in [-0.4, -0.2) is 70.1 Å². The quantitative estimate of drug-likeness (QED) is 0.608. The van der Waals surface area contributed by atoms with E-state index in [9.17, 15) is 22.8 Å². The van der Waals surface area contributed by atoms with E-state index >= 15 is 0 Å². The molecule has 10 heteroatoms. The zero-order valence-electron chi connectivity index (χ0n) is 17.1. The molecular weight excluding hydrogens is 398 g/mol. The highest BCUT2D eigenvalue weighted by molar-refractivity contribution is 7.92. The van der Waals surface area contributed by atoms with Crippen molar-refractivity contribution in [2.24, 2.45) is 0 Å². The van der Waals surface area contributed by atoms with Crippen LogP contribution < -0.4 is 9.62 Å². The number of esters is 1. The first-order valence-electron chi connectivity index (χ1n) is 9.34. The minimum Gasteiger partial charge on any atom is -0.452 e. The molecule has 1 N–H and O–H groups in total. The number of anilines is 1. The van der Waals surface area contributed by atoms with E-state index in [1.165, 1.54) is 22.3 Å². The van der Waals surface area contributed by atoms with Crippen LogP contribution in [0, 0.1) is 0 Å². The van der Waals surface area contributed by atoms with Gasteiger partial charge in [-0.3, -0.25) is 13.9 Å². The molecule has 0 bridgehead atoms. The number of ether oxygens (including phenoxy) is 1. The number of nitrogens with zero attached hydrogens (tertiary/aromatic N) is 2. The molecule has 1 heterocycles. The minimum atomic E-state index is -3.41. The van der Waals surface area contributed by atoms with Gasteiger partial charge in [-0.25, -0.2) is 13.2 Å². The average molecular weight is 426 g/mol.